The van der Waals surface area contributed by atoms with Crippen molar-refractivity contribution in [2.45, 2.75) is 0 Å². The predicted octanol–water partition coefficient (Wildman–Crippen LogP) is 0.00600. The van der Waals surface area contributed by atoms with Gasteiger partial charge in [0.05, 0.1) is 16.9 Å². The molecule has 0 saturated heterocycles. The molecule has 0 heterocycles. The van der Waals surface area contributed by atoms with Crippen LogP contribution in [0.2, 0.25) is 0 Å². The van der Waals surface area contributed by atoms with Crippen molar-refractivity contribution in [1.29, 1.82) is 0 Å². The molecule has 7 nitrogen and oxygen atoms in total. The van der Waals surface area contributed by atoms with E-state index < -0.39 is 21.9 Å². The maximum Gasteiger partial charge on any atom is 0.336 e. The van der Waals surface area contributed by atoms with E-state index in [1.54, 1.807) is 0 Å². The van der Waals surface area contributed by atoms with Crippen molar-refractivity contribution >= 4 is 21.9 Å². The summed E-state index contributed by atoms with van der Waals surface area (Å²) in [6.45, 7) is -0.0900. The smallest absolute Gasteiger partial charge is 0.336 e. The molecule has 0 aliphatic carbocycles. The first-order chi connectivity index (χ1) is 9.25. The lowest BCUT2D eigenvalue weighted by Crippen LogP contribution is -2.34. The topological polar surface area (TPSA) is 104 Å². The minimum atomic E-state index is -3.40. The van der Waals surface area contributed by atoms with Crippen molar-refractivity contribution in [1.82, 2.24) is 9.62 Å². The van der Waals surface area contributed by atoms with Crippen molar-refractivity contribution < 1.29 is 23.1 Å². The predicted molar refractivity (Wildman–Crippen MR) is 73.2 cm³/mol. The van der Waals surface area contributed by atoms with E-state index in [0.29, 0.717) is 0 Å². The Labute approximate surface area is 117 Å². The molecule has 1 aromatic carbocycles. The molecule has 2 N–H and O–H groups in total. The van der Waals surface area contributed by atoms with Gasteiger partial charge in [0.15, 0.2) is 0 Å². The van der Waals surface area contributed by atoms with Crippen molar-refractivity contribution in [2.75, 3.05) is 26.4 Å². The Morgan fingerprint density at radius 3 is 2.25 bits per heavy atom. The van der Waals surface area contributed by atoms with Gasteiger partial charge in [-0.3, -0.25) is 4.79 Å². The number of nitrogens with zero attached hydrogens (tertiary/aromatic N) is 1. The normalized spacial score (nSPS) is 11.3. The van der Waals surface area contributed by atoms with Crippen molar-refractivity contribution in [3.63, 3.8) is 0 Å². The number of aromatic carboxylic acids is 1. The number of sulfonamides is 1. The molecule has 8 heteroatoms. The van der Waals surface area contributed by atoms with E-state index in [2.05, 4.69) is 5.32 Å². The zero-order valence-corrected chi connectivity index (χ0v) is 12.0. The summed E-state index contributed by atoms with van der Waals surface area (Å²) in [5.41, 5.74) is -0.122. The van der Waals surface area contributed by atoms with Crippen molar-refractivity contribution in [3.8, 4) is 0 Å². The Kier molecular flexibility index (Phi) is 5.23. The molecule has 0 saturated carbocycles. The summed E-state index contributed by atoms with van der Waals surface area (Å²) in [6.07, 6.45) is 0. The van der Waals surface area contributed by atoms with Crippen LogP contribution in [0.15, 0.2) is 24.3 Å². The molecule has 0 unspecified atom stereocenters. The number of nitrogens with one attached hydrogen (secondary N) is 1. The van der Waals surface area contributed by atoms with E-state index >= 15 is 0 Å². The number of carboxylic acid groups (broad SMARTS) is 1. The second-order valence-electron chi connectivity index (χ2n) is 4.21. The molecule has 0 aromatic heterocycles. The summed E-state index contributed by atoms with van der Waals surface area (Å²) < 4.78 is 24.1. The number of carboxylic acids is 1. The third-order valence-electron chi connectivity index (χ3n) is 2.60. The number of hydrogen-bond acceptors (Lipinski definition) is 4. The van der Waals surface area contributed by atoms with Gasteiger partial charge in [0.2, 0.25) is 10.0 Å². The van der Waals surface area contributed by atoms with Gasteiger partial charge in [-0.15, -0.1) is 0 Å². The molecule has 0 fully saturated rings. The molecule has 0 radical (unpaired) electrons. The van der Waals surface area contributed by atoms with E-state index in [1.165, 1.54) is 38.4 Å². The first-order valence-electron chi connectivity index (χ1n) is 5.76. The van der Waals surface area contributed by atoms with E-state index in [9.17, 15) is 18.0 Å². The SMILES string of the molecule is CN(C)S(=O)(=O)CCNC(=O)c1ccccc1C(=O)O. The number of carbonyl (C=O) groups excluding carboxylic acids is 1. The zero-order valence-electron chi connectivity index (χ0n) is 11.2. The molecule has 0 spiro atoms. The average Bonchev–Trinajstić information content (AvgIpc) is 2.38. The van der Waals surface area contributed by atoms with Gasteiger partial charge in [-0.2, -0.15) is 0 Å². The number of carbonyl (C=O) groups is 2. The van der Waals surface area contributed by atoms with Crippen molar-refractivity contribution in [2.24, 2.45) is 0 Å². The fourth-order valence-electron chi connectivity index (χ4n) is 1.44. The molecule has 1 amide bonds. The average molecular weight is 300 g/mol. The Bertz CT molecular complexity index is 610. The van der Waals surface area contributed by atoms with Crippen LogP contribution in [0.4, 0.5) is 0 Å². The van der Waals surface area contributed by atoms with Crippen molar-refractivity contribution in [3.05, 3.63) is 35.4 Å². The molecule has 110 valence electrons. The molecular formula is C12H16N2O5S. The van der Waals surface area contributed by atoms with Gasteiger partial charge in [0.25, 0.3) is 5.91 Å². The quantitative estimate of drug-likeness (QED) is 0.770. The molecule has 1 rings (SSSR count). The first-order valence-corrected chi connectivity index (χ1v) is 7.37. The molecule has 0 atom stereocenters. The van der Waals surface area contributed by atoms with Gasteiger partial charge >= 0.3 is 5.97 Å². The highest BCUT2D eigenvalue weighted by Gasteiger charge is 2.17. The largest absolute Gasteiger partial charge is 0.478 e. The minimum Gasteiger partial charge on any atom is -0.478 e. The molecule has 20 heavy (non-hydrogen) atoms. The standard InChI is InChI=1S/C12H16N2O5S/c1-14(2)20(18,19)8-7-13-11(15)9-5-3-4-6-10(9)12(16)17/h3-6H,7-8H2,1-2H3,(H,13,15)(H,16,17). The summed E-state index contributed by atoms with van der Waals surface area (Å²) in [5.74, 6) is -2.07. The van der Waals surface area contributed by atoms with Gasteiger partial charge < -0.3 is 10.4 Å². The fourth-order valence-corrected chi connectivity index (χ4v) is 2.16. The van der Waals surface area contributed by atoms with Gasteiger partial charge in [0, 0.05) is 20.6 Å². The van der Waals surface area contributed by atoms with Gasteiger partial charge in [0.1, 0.15) is 0 Å². The number of amides is 1. The molecular weight excluding hydrogens is 284 g/mol. The van der Waals surface area contributed by atoms with Gasteiger partial charge in [-0.1, -0.05) is 12.1 Å². The lowest BCUT2D eigenvalue weighted by atomic mass is 10.1. The number of rotatable bonds is 6. The Hall–Kier alpha value is -1.93. The highest BCUT2D eigenvalue weighted by Crippen LogP contribution is 2.08. The van der Waals surface area contributed by atoms with Crippen LogP contribution >= 0.6 is 0 Å². The summed E-state index contributed by atoms with van der Waals surface area (Å²) in [4.78, 5) is 22.8. The lowest BCUT2D eigenvalue weighted by molar-refractivity contribution is 0.0691. The second-order valence-corrected chi connectivity index (χ2v) is 6.51. The summed E-state index contributed by atoms with van der Waals surface area (Å²) in [7, 11) is -0.601. The first kappa shape index (κ1) is 16.1. The third kappa shape index (κ3) is 4.04. The Morgan fingerprint density at radius 2 is 1.75 bits per heavy atom. The second kappa shape index (κ2) is 6.49. The number of benzene rings is 1. The van der Waals surface area contributed by atoms with Crippen LogP contribution in [0, 0.1) is 0 Å². The molecule has 0 aliphatic rings. The van der Waals surface area contributed by atoms with Gasteiger partial charge in [-0.25, -0.2) is 17.5 Å². The third-order valence-corrected chi connectivity index (χ3v) is 4.44. The summed E-state index contributed by atoms with van der Waals surface area (Å²) in [6, 6.07) is 5.74. The van der Waals surface area contributed by atoms with E-state index in [4.69, 9.17) is 5.11 Å². The zero-order chi connectivity index (χ0) is 15.3. The van der Waals surface area contributed by atoms with Gasteiger partial charge in [-0.05, 0) is 12.1 Å². The highest BCUT2D eigenvalue weighted by molar-refractivity contribution is 7.89. The Morgan fingerprint density at radius 1 is 1.20 bits per heavy atom. The van der Waals surface area contributed by atoms with Crippen LogP contribution in [-0.2, 0) is 10.0 Å². The van der Waals surface area contributed by atoms with Crippen LogP contribution in [-0.4, -0.2) is 56.1 Å². The Balaban J connectivity index is 2.72. The van der Waals surface area contributed by atoms with Crippen LogP contribution in [0.1, 0.15) is 20.7 Å². The summed E-state index contributed by atoms with van der Waals surface area (Å²) >= 11 is 0. The fraction of sp³-hybridized carbons (Fsp3) is 0.333. The molecule has 1 aromatic rings. The molecule has 0 bridgehead atoms. The van der Waals surface area contributed by atoms with Crippen LogP contribution in [0.5, 0.6) is 0 Å². The maximum atomic E-state index is 11.8. The maximum absolute atomic E-state index is 11.8. The van der Waals surface area contributed by atoms with Crippen LogP contribution in [0.3, 0.4) is 0 Å². The van der Waals surface area contributed by atoms with E-state index in [-0.39, 0.29) is 23.4 Å². The van der Waals surface area contributed by atoms with E-state index in [0.717, 1.165) is 4.31 Å². The summed E-state index contributed by atoms with van der Waals surface area (Å²) in [5, 5.41) is 11.4. The molecule has 0 aliphatic heterocycles. The van der Waals surface area contributed by atoms with Crippen LogP contribution in [0.25, 0.3) is 0 Å². The van der Waals surface area contributed by atoms with Crippen LogP contribution < -0.4 is 5.32 Å². The van der Waals surface area contributed by atoms with E-state index in [1.807, 2.05) is 0 Å². The number of hydrogen-bond donors (Lipinski definition) is 2. The lowest BCUT2D eigenvalue weighted by Gasteiger charge is -2.12. The minimum absolute atomic E-state index is 0.00208. The monoisotopic (exact) mass is 300 g/mol. The highest BCUT2D eigenvalue weighted by atomic mass is 32.2.